The van der Waals surface area contributed by atoms with E-state index < -0.39 is 16.1 Å². The van der Waals surface area contributed by atoms with Gasteiger partial charge in [-0.25, -0.2) is 23.2 Å². The minimum absolute atomic E-state index is 0.0113. The summed E-state index contributed by atoms with van der Waals surface area (Å²) in [5.74, 6) is 0.662. The van der Waals surface area contributed by atoms with Crippen LogP contribution < -0.4 is 24.2 Å². The number of nitrogens with zero attached hydrogens (tertiary/aromatic N) is 6. The maximum absolute atomic E-state index is 14.0. The fraction of sp³-hybridized carbons (Fsp3) is 0.194. The smallest absolute Gasteiger partial charge is 0.412 e. The Hall–Kier alpha value is -6.62. The molecule has 0 unspecified atom stereocenters. The van der Waals surface area contributed by atoms with Gasteiger partial charge in [0.2, 0.25) is 11.6 Å². The largest absolute Gasteiger partial charge is 0.493 e. The highest BCUT2D eigenvalue weighted by molar-refractivity contribution is 7.92. The summed E-state index contributed by atoms with van der Waals surface area (Å²) >= 11 is 0. The van der Waals surface area contributed by atoms with E-state index in [9.17, 15) is 13.2 Å². The molecule has 0 fully saturated rings. The van der Waals surface area contributed by atoms with Crippen LogP contribution in [0.3, 0.4) is 0 Å². The van der Waals surface area contributed by atoms with Gasteiger partial charge in [-0.15, -0.1) is 10.2 Å². The van der Waals surface area contributed by atoms with Crippen molar-refractivity contribution >= 4 is 27.8 Å². The van der Waals surface area contributed by atoms with Crippen LogP contribution in [0.15, 0.2) is 102 Å². The number of pyridine rings is 1. The van der Waals surface area contributed by atoms with Gasteiger partial charge in [-0.1, -0.05) is 69.3 Å². The average Bonchev–Trinajstić information content (AvgIpc) is 3.70. The molecule has 6 aromatic rings. The molecule has 1 amide bonds. The summed E-state index contributed by atoms with van der Waals surface area (Å²) in [5, 5.41) is 16.6. The highest BCUT2D eigenvalue weighted by Gasteiger charge is 2.26. The highest BCUT2D eigenvalue weighted by atomic mass is 32.2. The molecule has 0 saturated heterocycles. The van der Waals surface area contributed by atoms with E-state index in [-0.39, 0.29) is 52.5 Å². The number of hydrogen-bond donors (Lipinski definition) is 3. The number of anilines is 2. The van der Waals surface area contributed by atoms with Crippen molar-refractivity contribution in [1.82, 2.24) is 35.6 Å². The van der Waals surface area contributed by atoms with Crippen LogP contribution in [-0.2, 0) is 20.2 Å². The number of para-hydroxylation sites is 2. The third-order valence-corrected chi connectivity index (χ3v) is 8.91. The lowest BCUT2D eigenvalue weighted by Crippen LogP contribution is -2.19. The molecule has 17 heteroatoms. The van der Waals surface area contributed by atoms with Crippen LogP contribution in [0, 0.1) is 0 Å². The van der Waals surface area contributed by atoms with Gasteiger partial charge in [0.25, 0.3) is 15.9 Å². The Morgan fingerprint density at radius 3 is 2.26 bits per heavy atom. The van der Waals surface area contributed by atoms with Crippen LogP contribution in [0.1, 0.15) is 26.3 Å². The quantitative estimate of drug-likeness (QED) is 0.112. The van der Waals surface area contributed by atoms with Gasteiger partial charge in [-0.2, -0.15) is 10.2 Å². The van der Waals surface area contributed by atoms with Crippen molar-refractivity contribution < 1.29 is 32.2 Å². The zero-order chi connectivity index (χ0) is 37.4. The number of methoxy groups -OCH3 is 1. The lowest BCUT2D eigenvalue weighted by Gasteiger charge is -2.20. The molecule has 0 aliphatic heterocycles. The topological polar surface area (TPSA) is 205 Å². The molecule has 0 aliphatic rings. The lowest BCUT2D eigenvalue weighted by atomic mass is 9.87. The third kappa shape index (κ3) is 9.01. The molecule has 3 N–H and O–H groups in total. The molecular weight excluding hydrogens is 703 g/mol. The van der Waals surface area contributed by atoms with Crippen molar-refractivity contribution in [2.45, 2.75) is 31.1 Å². The fourth-order valence-electron chi connectivity index (χ4n) is 4.88. The molecule has 0 bridgehead atoms. The van der Waals surface area contributed by atoms with E-state index in [0.717, 1.165) is 5.56 Å². The van der Waals surface area contributed by atoms with Crippen molar-refractivity contribution in [2.75, 3.05) is 30.4 Å². The number of aromatic amines is 1. The number of rotatable bonds is 13. The van der Waals surface area contributed by atoms with Crippen molar-refractivity contribution in [3.8, 4) is 45.9 Å². The van der Waals surface area contributed by atoms with Crippen LogP contribution in [0.4, 0.5) is 16.4 Å². The van der Waals surface area contributed by atoms with Gasteiger partial charge in [0, 0.05) is 17.3 Å². The van der Waals surface area contributed by atoms with Crippen LogP contribution in [0.25, 0.3) is 22.8 Å². The van der Waals surface area contributed by atoms with E-state index in [0.29, 0.717) is 28.5 Å². The van der Waals surface area contributed by atoms with Crippen molar-refractivity contribution in [2.24, 2.45) is 0 Å². The van der Waals surface area contributed by atoms with Gasteiger partial charge in [0.15, 0.2) is 23.1 Å². The van der Waals surface area contributed by atoms with Crippen LogP contribution >= 0.6 is 0 Å². The second-order valence-electron chi connectivity index (χ2n) is 12.3. The van der Waals surface area contributed by atoms with E-state index in [4.69, 9.17) is 18.9 Å². The number of carbonyl (C=O) groups is 1. The van der Waals surface area contributed by atoms with Gasteiger partial charge in [-0.05, 0) is 58.7 Å². The maximum Gasteiger partial charge on any atom is 0.412 e. The standard InChI is InChI=1S/C36H35N9O7S/c1-36(2,3)25-15-17-26(18-16-25)53(47,48)43-33-30(52-28-13-6-5-12-27(28)49-4)34(50-20-21-51-35(46)38-29-14-7-8-19-37-29)40-31(39-33)23-10-9-11-24(22-23)32-41-44-45-42-32/h5-19,22H,20-21H2,1-4H3,(H,37,38,46)(H,39,40,43)(H,41,42,44,45). The second-order valence-corrected chi connectivity index (χ2v) is 14.0. The van der Waals surface area contributed by atoms with Gasteiger partial charge in [0.05, 0.1) is 12.0 Å². The first kappa shape index (κ1) is 36.2. The molecule has 0 atom stereocenters. The van der Waals surface area contributed by atoms with Gasteiger partial charge >= 0.3 is 6.09 Å². The number of H-pyrrole nitrogens is 1. The number of amides is 1. The second kappa shape index (κ2) is 15.7. The van der Waals surface area contributed by atoms with Crippen molar-refractivity contribution in [1.29, 1.82) is 0 Å². The normalized spacial score (nSPS) is 11.4. The first-order valence-electron chi connectivity index (χ1n) is 16.2. The molecular formula is C36H35N9O7S. The molecule has 6 rings (SSSR count). The molecule has 272 valence electrons. The minimum atomic E-state index is -4.25. The lowest BCUT2D eigenvalue weighted by molar-refractivity contribution is 0.135. The fourth-order valence-corrected chi connectivity index (χ4v) is 5.89. The Labute approximate surface area is 305 Å². The Balaban J connectivity index is 1.40. The molecule has 0 spiro atoms. The molecule has 53 heavy (non-hydrogen) atoms. The number of benzene rings is 3. The van der Waals surface area contributed by atoms with E-state index >= 15 is 0 Å². The van der Waals surface area contributed by atoms with Crippen LogP contribution in [-0.4, -0.2) is 70.4 Å². The molecule has 3 aromatic heterocycles. The monoisotopic (exact) mass is 737 g/mol. The van der Waals surface area contributed by atoms with Crippen LogP contribution in [0.5, 0.6) is 23.1 Å². The number of carbonyl (C=O) groups excluding carboxylic acids is 1. The van der Waals surface area contributed by atoms with Gasteiger partial charge < -0.3 is 18.9 Å². The Morgan fingerprint density at radius 2 is 1.58 bits per heavy atom. The van der Waals surface area contributed by atoms with E-state index in [1.807, 2.05) is 20.8 Å². The van der Waals surface area contributed by atoms with Crippen LogP contribution in [0.2, 0.25) is 0 Å². The van der Waals surface area contributed by atoms with E-state index in [1.54, 1.807) is 78.9 Å². The Kier molecular flexibility index (Phi) is 10.7. The minimum Gasteiger partial charge on any atom is -0.493 e. The summed E-state index contributed by atoms with van der Waals surface area (Å²) in [4.78, 5) is 25.7. The first-order valence-corrected chi connectivity index (χ1v) is 17.7. The van der Waals surface area contributed by atoms with Gasteiger partial charge in [-0.3, -0.25) is 10.0 Å². The average molecular weight is 738 g/mol. The molecule has 3 heterocycles. The summed E-state index contributed by atoms with van der Waals surface area (Å²) in [5.41, 5.74) is 1.80. The van der Waals surface area contributed by atoms with Crippen molar-refractivity contribution in [3.05, 3.63) is 103 Å². The Morgan fingerprint density at radius 1 is 0.849 bits per heavy atom. The summed E-state index contributed by atoms with van der Waals surface area (Å²) in [6, 6.07) is 25.3. The summed E-state index contributed by atoms with van der Waals surface area (Å²) in [6.45, 7) is 5.67. The predicted molar refractivity (Wildman–Crippen MR) is 194 cm³/mol. The molecule has 3 aromatic carbocycles. The number of tetrazole rings is 1. The summed E-state index contributed by atoms with van der Waals surface area (Å²) in [6.07, 6.45) is 0.768. The summed E-state index contributed by atoms with van der Waals surface area (Å²) in [7, 11) is -2.79. The molecule has 0 aliphatic carbocycles. The zero-order valence-corrected chi connectivity index (χ0v) is 29.9. The summed E-state index contributed by atoms with van der Waals surface area (Å²) < 4.78 is 53.6. The van der Waals surface area contributed by atoms with Crippen molar-refractivity contribution in [3.63, 3.8) is 0 Å². The van der Waals surface area contributed by atoms with Gasteiger partial charge in [0.1, 0.15) is 19.0 Å². The number of ether oxygens (including phenoxy) is 4. The molecule has 0 radical (unpaired) electrons. The Bertz CT molecular complexity index is 2280. The van der Waals surface area contributed by atoms with E-state index in [2.05, 4.69) is 45.6 Å². The number of nitrogens with one attached hydrogen (secondary N) is 3. The number of sulfonamides is 1. The number of hydrogen-bond acceptors (Lipinski definition) is 13. The van der Waals surface area contributed by atoms with E-state index in [1.165, 1.54) is 25.4 Å². The number of aromatic nitrogens is 7. The first-order chi connectivity index (χ1) is 25.5. The molecule has 16 nitrogen and oxygen atoms in total. The highest BCUT2D eigenvalue weighted by Crippen LogP contribution is 2.42. The third-order valence-electron chi connectivity index (χ3n) is 7.55. The molecule has 0 saturated carbocycles. The predicted octanol–water partition coefficient (Wildman–Crippen LogP) is 6.25. The zero-order valence-electron chi connectivity index (χ0n) is 29.1. The SMILES string of the molecule is COc1ccccc1Oc1c(NS(=O)(=O)c2ccc(C(C)(C)C)cc2)nc(-c2cccc(-c3nn[nH]n3)c2)nc1OCCOC(=O)Nc1ccccn1. The maximum atomic E-state index is 14.0.